The zero-order valence-electron chi connectivity index (χ0n) is 15.6. The van der Waals surface area contributed by atoms with Gasteiger partial charge < -0.3 is 10.1 Å². The third-order valence-corrected chi connectivity index (χ3v) is 5.06. The Morgan fingerprint density at radius 2 is 2.12 bits per heavy atom. The van der Waals surface area contributed by atoms with Crippen LogP contribution in [0.4, 0.5) is 4.39 Å². The first-order valence-corrected chi connectivity index (χ1v) is 8.90. The van der Waals surface area contributed by atoms with Crippen LogP contribution in [0, 0.1) is 11.2 Å². The average molecular weight is 357 g/mol. The van der Waals surface area contributed by atoms with Crippen molar-refractivity contribution in [2.24, 2.45) is 5.41 Å². The maximum atomic E-state index is 14.0. The van der Waals surface area contributed by atoms with Gasteiger partial charge in [-0.2, -0.15) is 0 Å². The summed E-state index contributed by atoms with van der Waals surface area (Å²) in [5, 5.41) is 3.25. The molecule has 0 saturated carbocycles. The number of nitrogens with one attached hydrogen (secondary N) is 1. The van der Waals surface area contributed by atoms with Crippen LogP contribution in [0.5, 0.6) is 0 Å². The number of carbonyl (C=O) groups excluding carboxylic acids is 2. The zero-order valence-corrected chi connectivity index (χ0v) is 15.6. The molecule has 1 N–H and O–H groups in total. The normalized spacial score (nSPS) is 22.0. The van der Waals surface area contributed by atoms with E-state index < -0.39 is 17.3 Å². The third kappa shape index (κ3) is 3.18. The van der Waals surface area contributed by atoms with Crippen LogP contribution in [0.3, 0.4) is 0 Å². The van der Waals surface area contributed by atoms with Crippen LogP contribution in [-0.2, 0) is 14.3 Å². The largest absolute Gasteiger partial charge is 0.463 e. The summed E-state index contributed by atoms with van der Waals surface area (Å²) in [6.07, 6.45) is 0.701. The molecular formula is C21H24FNO3. The lowest BCUT2D eigenvalue weighted by atomic mass is 9.64. The molecule has 1 unspecified atom stereocenters. The number of Topliss-reactive ketones (excluding diaryl/α,β-unsaturated/α-hetero) is 1. The van der Waals surface area contributed by atoms with E-state index in [0.29, 0.717) is 29.7 Å². The Balaban J connectivity index is 2.22. The van der Waals surface area contributed by atoms with Gasteiger partial charge in [-0.25, -0.2) is 9.18 Å². The summed E-state index contributed by atoms with van der Waals surface area (Å²) in [5.41, 5.74) is 3.19. The third-order valence-electron chi connectivity index (χ3n) is 5.06. The Labute approximate surface area is 153 Å². The Hall–Kier alpha value is -2.43. The Morgan fingerprint density at radius 3 is 2.77 bits per heavy atom. The Bertz CT molecular complexity index is 835. The first-order valence-electron chi connectivity index (χ1n) is 8.90. The van der Waals surface area contributed by atoms with Crippen LogP contribution in [0.2, 0.25) is 0 Å². The van der Waals surface area contributed by atoms with Crippen molar-refractivity contribution in [3.8, 4) is 0 Å². The van der Waals surface area contributed by atoms with E-state index in [0.717, 1.165) is 11.3 Å². The maximum Gasteiger partial charge on any atom is 0.336 e. The van der Waals surface area contributed by atoms with Crippen molar-refractivity contribution < 1.29 is 18.7 Å². The fraction of sp³-hybridized carbons (Fsp3) is 0.429. The fourth-order valence-corrected chi connectivity index (χ4v) is 4.18. The van der Waals surface area contributed by atoms with Crippen molar-refractivity contribution in [3.63, 3.8) is 0 Å². The van der Waals surface area contributed by atoms with E-state index in [1.54, 1.807) is 19.9 Å². The number of ether oxygens (including phenoxy) is 1. The van der Waals surface area contributed by atoms with Crippen molar-refractivity contribution in [3.05, 3.63) is 58.2 Å². The minimum atomic E-state index is -0.437. The van der Waals surface area contributed by atoms with Gasteiger partial charge in [0.2, 0.25) is 0 Å². The lowest BCUT2D eigenvalue weighted by molar-refractivity contribution is -0.138. The fourth-order valence-electron chi connectivity index (χ4n) is 4.18. The molecule has 0 fully saturated rings. The van der Waals surface area contributed by atoms with Gasteiger partial charge in [-0.3, -0.25) is 4.79 Å². The second-order valence-electron chi connectivity index (χ2n) is 7.54. The molecule has 0 bridgehead atoms. The van der Waals surface area contributed by atoms with Crippen molar-refractivity contribution in [1.82, 2.24) is 5.32 Å². The van der Waals surface area contributed by atoms with Crippen molar-refractivity contribution in [2.45, 2.75) is 46.5 Å². The summed E-state index contributed by atoms with van der Waals surface area (Å²) in [7, 11) is 0. The van der Waals surface area contributed by atoms with Gasteiger partial charge in [-0.15, -0.1) is 0 Å². The van der Waals surface area contributed by atoms with Crippen LogP contribution < -0.4 is 5.32 Å². The highest BCUT2D eigenvalue weighted by Crippen LogP contribution is 2.51. The van der Waals surface area contributed by atoms with E-state index in [9.17, 15) is 14.0 Å². The smallest absolute Gasteiger partial charge is 0.336 e. The number of benzene rings is 1. The first kappa shape index (κ1) is 18.4. The number of rotatable bonds is 3. The van der Waals surface area contributed by atoms with Gasteiger partial charge in [0, 0.05) is 30.2 Å². The predicted octanol–water partition coefficient (Wildman–Crippen LogP) is 3.99. The van der Waals surface area contributed by atoms with Crippen molar-refractivity contribution in [2.75, 3.05) is 6.61 Å². The molecule has 5 heteroatoms. The molecule has 0 aromatic heterocycles. The molecule has 1 heterocycles. The molecule has 0 amide bonds. The van der Waals surface area contributed by atoms with Crippen molar-refractivity contribution >= 4 is 11.8 Å². The lowest BCUT2D eigenvalue weighted by Gasteiger charge is -2.43. The molecule has 0 saturated heterocycles. The summed E-state index contributed by atoms with van der Waals surface area (Å²) in [5.74, 6) is -1.03. The highest BCUT2D eigenvalue weighted by molar-refractivity contribution is 5.94. The topological polar surface area (TPSA) is 55.4 Å². The van der Waals surface area contributed by atoms with Crippen LogP contribution in [0.1, 0.15) is 52.0 Å². The van der Waals surface area contributed by atoms with Gasteiger partial charge in [0.1, 0.15) is 11.6 Å². The van der Waals surface area contributed by atoms with Crippen LogP contribution in [0.25, 0.3) is 0 Å². The lowest BCUT2D eigenvalue weighted by Crippen LogP contribution is -2.39. The summed E-state index contributed by atoms with van der Waals surface area (Å²) in [6.45, 7) is 7.82. The van der Waals surface area contributed by atoms with E-state index in [2.05, 4.69) is 5.32 Å². The van der Waals surface area contributed by atoms with Gasteiger partial charge >= 0.3 is 5.97 Å². The number of hydrogen-bond acceptors (Lipinski definition) is 4. The molecule has 1 aliphatic heterocycles. The number of ketones is 1. The van der Waals surface area contributed by atoms with Gasteiger partial charge in [-0.05, 0) is 42.5 Å². The van der Waals surface area contributed by atoms with Gasteiger partial charge in [-0.1, -0.05) is 26.0 Å². The van der Waals surface area contributed by atoms with Crippen LogP contribution in [0.15, 0.2) is 46.8 Å². The number of hydrogen-bond donors (Lipinski definition) is 1. The Kier molecular flexibility index (Phi) is 4.74. The molecule has 26 heavy (non-hydrogen) atoms. The summed E-state index contributed by atoms with van der Waals surface area (Å²) < 4.78 is 19.2. The maximum absolute atomic E-state index is 14.0. The number of halogens is 1. The highest BCUT2D eigenvalue weighted by atomic mass is 19.1. The SMILES string of the molecule is CCOC(=O)C1=C(C)NC2=C(C1c1cccc(F)c1)C(C)(C)CC(=O)C2. The molecule has 1 aliphatic carbocycles. The molecule has 0 radical (unpaired) electrons. The number of carbonyl (C=O) groups is 2. The molecule has 4 nitrogen and oxygen atoms in total. The van der Waals surface area contributed by atoms with Gasteiger partial charge in [0.05, 0.1) is 12.2 Å². The summed E-state index contributed by atoms with van der Waals surface area (Å²) in [6, 6.07) is 6.31. The van der Waals surface area contributed by atoms with Crippen LogP contribution >= 0.6 is 0 Å². The zero-order chi connectivity index (χ0) is 19.1. The number of dihydropyridines is 1. The van der Waals surface area contributed by atoms with E-state index in [1.165, 1.54) is 12.1 Å². The van der Waals surface area contributed by atoms with E-state index in [1.807, 2.05) is 19.9 Å². The van der Waals surface area contributed by atoms with Crippen LogP contribution in [-0.4, -0.2) is 18.4 Å². The summed E-state index contributed by atoms with van der Waals surface area (Å²) in [4.78, 5) is 24.9. The summed E-state index contributed by atoms with van der Waals surface area (Å²) >= 11 is 0. The van der Waals surface area contributed by atoms with Gasteiger partial charge in [0.25, 0.3) is 0 Å². The highest BCUT2D eigenvalue weighted by Gasteiger charge is 2.44. The van der Waals surface area contributed by atoms with Crippen molar-refractivity contribution in [1.29, 1.82) is 0 Å². The van der Waals surface area contributed by atoms with E-state index in [4.69, 9.17) is 4.74 Å². The molecule has 1 atom stereocenters. The average Bonchev–Trinajstić information content (AvgIpc) is 2.52. The predicted molar refractivity (Wildman–Crippen MR) is 96.7 cm³/mol. The van der Waals surface area contributed by atoms with Gasteiger partial charge in [0.15, 0.2) is 0 Å². The number of esters is 1. The molecule has 3 rings (SSSR count). The molecule has 2 aliphatic rings. The molecule has 0 spiro atoms. The molecule has 138 valence electrons. The van der Waals surface area contributed by atoms with E-state index in [-0.39, 0.29) is 18.2 Å². The molecule has 1 aromatic rings. The quantitative estimate of drug-likeness (QED) is 0.831. The minimum Gasteiger partial charge on any atom is -0.463 e. The monoisotopic (exact) mass is 357 g/mol. The molecular weight excluding hydrogens is 333 g/mol. The minimum absolute atomic E-state index is 0.159. The Morgan fingerprint density at radius 1 is 1.38 bits per heavy atom. The second kappa shape index (κ2) is 6.71. The molecule has 1 aromatic carbocycles. The first-order chi connectivity index (χ1) is 12.2. The second-order valence-corrected chi connectivity index (χ2v) is 7.54. The van der Waals surface area contributed by atoms with E-state index >= 15 is 0 Å². The standard InChI is InChI=1S/C21H24FNO3/c1-5-26-20(25)17-12(2)23-16-10-15(24)11-21(3,4)19(16)18(17)13-7-6-8-14(22)9-13/h6-9,18,23H,5,10-11H2,1-4H3. The number of allylic oxidation sites excluding steroid dienone is 3.